The van der Waals surface area contributed by atoms with Crippen LogP contribution in [0.1, 0.15) is 51.7 Å². The number of thiazole rings is 1. The molecule has 0 aliphatic carbocycles. The molecule has 0 fully saturated rings. The molecule has 0 unspecified atom stereocenters. The van der Waals surface area contributed by atoms with Crippen LogP contribution in [0.5, 0.6) is 0 Å². The first kappa shape index (κ1) is 21.6. The average Bonchev–Trinajstić information content (AvgIpc) is 3.25. The van der Waals surface area contributed by atoms with Crippen LogP contribution in [0.4, 0.5) is 5.13 Å². The van der Waals surface area contributed by atoms with E-state index in [0.717, 1.165) is 22.7 Å². The topological polar surface area (TPSA) is 97.1 Å². The molecule has 9 heteroatoms. The van der Waals surface area contributed by atoms with Crippen LogP contribution in [0.2, 0.25) is 0 Å². The van der Waals surface area contributed by atoms with E-state index < -0.39 is 0 Å². The van der Waals surface area contributed by atoms with E-state index in [4.69, 9.17) is 4.42 Å². The summed E-state index contributed by atoms with van der Waals surface area (Å²) in [4.78, 5) is 30.7. The van der Waals surface area contributed by atoms with Gasteiger partial charge in [-0.25, -0.2) is 9.97 Å². The van der Waals surface area contributed by atoms with Crippen LogP contribution < -0.4 is 10.6 Å². The molecule has 148 valence electrons. The molecule has 0 radical (unpaired) electrons. The van der Waals surface area contributed by atoms with E-state index in [9.17, 15) is 9.59 Å². The Bertz CT molecular complexity index is 737. The maximum Gasteiger partial charge on any atom is 0.226 e. The smallest absolute Gasteiger partial charge is 0.226 e. The van der Waals surface area contributed by atoms with E-state index in [1.165, 1.54) is 11.3 Å². The van der Waals surface area contributed by atoms with Gasteiger partial charge in [-0.1, -0.05) is 32.1 Å². The number of carbonyl (C=O) groups is 2. The van der Waals surface area contributed by atoms with Crippen molar-refractivity contribution in [3.8, 4) is 0 Å². The van der Waals surface area contributed by atoms with Gasteiger partial charge in [-0.15, -0.1) is 11.8 Å². The minimum atomic E-state index is -0.0550. The number of hydrogen-bond acceptors (Lipinski definition) is 8. The summed E-state index contributed by atoms with van der Waals surface area (Å²) in [5.41, 5.74) is -0.0537. The molecule has 0 atom stereocenters. The fourth-order valence-corrected chi connectivity index (χ4v) is 3.82. The molecule has 2 aromatic heterocycles. The van der Waals surface area contributed by atoms with Crippen molar-refractivity contribution in [3.63, 3.8) is 0 Å². The highest BCUT2D eigenvalue weighted by atomic mass is 32.2. The molecule has 0 aromatic carbocycles. The van der Waals surface area contributed by atoms with Crippen LogP contribution in [0, 0.1) is 0 Å². The Balaban J connectivity index is 1.70. The molecule has 0 spiro atoms. The van der Waals surface area contributed by atoms with Crippen molar-refractivity contribution in [2.24, 2.45) is 0 Å². The molecule has 2 heterocycles. The summed E-state index contributed by atoms with van der Waals surface area (Å²) in [6, 6.07) is 0. The van der Waals surface area contributed by atoms with Crippen LogP contribution in [0.15, 0.2) is 21.0 Å². The summed E-state index contributed by atoms with van der Waals surface area (Å²) < 4.78 is 6.77. The molecule has 0 bridgehead atoms. The van der Waals surface area contributed by atoms with Gasteiger partial charge in [0.1, 0.15) is 12.0 Å². The third-order valence-corrected chi connectivity index (χ3v) is 5.65. The number of aldehydes is 1. The van der Waals surface area contributed by atoms with E-state index in [2.05, 4.69) is 41.4 Å². The number of rotatable bonds is 11. The average molecular weight is 411 g/mol. The largest absolute Gasteiger partial charge is 0.444 e. The van der Waals surface area contributed by atoms with Crippen LogP contribution in [0.3, 0.4) is 0 Å². The fourth-order valence-electron chi connectivity index (χ4n) is 2.08. The number of amides is 1. The Hall–Kier alpha value is -1.71. The standard InChI is InChI=1S/C18H26N4O3S2/c1-18(2,3)13-10-20-15(25-13)12-26-16-11-21-17(27-16)22-14(24)6-4-7-19-8-5-9-23/h9-11,19H,4-8,12H2,1-3H3,(H,21,22,24). The first-order chi connectivity index (χ1) is 12.9. The summed E-state index contributed by atoms with van der Waals surface area (Å²) in [6.45, 7) is 7.63. The molecular formula is C18H26N4O3S2. The number of carbonyl (C=O) groups excluding carboxylic acids is 2. The number of anilines is 1. The van der Waals surface area contributed by atoms with E-state index in [0.29, 0.717) is 42.7 Å². The third kappa shape index (κ3) is 7.82. The van der Waals surface area contributed by atoms with Gasteiger partial charge in [0.2, 0.25) is 11.8 Å². The maximum absolute atomic E-state index is 11.9. The number of nitrogens with one attached hydrogen (secondary N) is 2. The second kappa shape index (κ2) is 10.6. The normalized spacial score (nSPS) is 11.5. The molecule has 2 aromatic rings. The van der Waals surface area contributed by atoms with E-state index >= 15 is 0 Å². The third-order valence-electron chi connectivity index (χ3n) is 3.56. The highest BCUT2D eigenvalue weighted by Gasteiger charge is 2.19. The van der Waals surface area contributed by atoms with Crippen LogP contribution in [-0.4, -0.2) is 35.3 Å². The van der Waals surface area contributed by atoms with Gasteiger partial charge in [0, 0.05) is 24.8 Å². The van der Waals surface area contributed by atoms with Gasteiger partial charge < -0.3 is 19.8 Å². The van der Waals surface area contributed by atoms with Crippen molar-refractivity contribution in [3.05, 3.63) is 24.0 Å². The van der Waals surface area contributed by atoms with Gasteiger partial charge in [0.05, 0.1) is 22.4 Å². The second-order valence-corrected chi connectivity index (χ2v) is 9.30. The summed E-state index contributed by atoms with van der Waals surface area (Å²) in [5.74, 6) is 2.13. The predicted octanol–water partition coefficient (Wildman–Crippen LogP) is 3.62. The van der Waals surface area contributed by atoms with Crippen molar-refractivity contribution < 1.29 is 14.0 Å². The molecule has 0 aliphatic rings. The zero-order valence-corrected chi connectivity index (χ0v) is 17.5. The Labute approximate surface area is 167 Å². The second-order valence-electron chi connectivity index (χ2n) is 7.00. The first-order valence-corrected chi connectivity index (χ1v) is 10.7. The minimum absolute atomic E-state index is 0.0537. The van der Waals surface area contributed by atoms with E-state index in [1.54, 1.807) is 24.2 Å². The Morgan fingerprint density at radius 2 is 2.11 bits per heavy atom. The summed E-state index contributed by atoms with van der Waals surface area (Å²) in [7, 11) is 0. The molecule has 0 aliphatic heterocycles. The Morgan fingerprint density at radius 1 is 1.30 bits per heavy atom. The Morgan fingerprint density at radius 3 is 2.81 bits per heavy atom. The van der Waals surface area contributed by atoms with Gasteiger partial charge in [0.15, 0.2) is 5.13 Å². The lowest BCUT2D eigenvalue weighted by Crippen LogP contribution is -2.19. The molecule has 7 nitrogen and oxygen atoms in total. The van der Waals surface area contributed by atoms with Gasteiger partial charge in [0.25, 0.3) is 0 Å². The minimum Gasteiger partial charge on any atom is -0.444 e. The van der Waals surface area contributed by atoms with Crippen molar-refractivity contribution in [1.29, 1.82) is 0 Å². The van der Waals surface area contributed by atoms with Crippen LogP contribution in [0.25, 0.3) is 0 Å². The van der Waals surface area contributed by atoms with Crippen molar-refractivity contribution >= 4 is 40.4 Å². The molecule has 1 amide bonds. The lowest BCUT2D eigenvalue weighted by Gasteiger charge is -2.12. The summed E-state index contributed by atoms with van der Waals surface area (Å²) in [6.07, 6.45) is 6.04. The molecule has 2 N–H and O–H groups in total. The van der Waals surface area contributed by atoms with Crippen molar-refractivity contribution in [2.75, 3.05) is 18.4 Å². The highest BCUT2D eigenvalue weighted by Crippen LogP contribution is 2.31. The van der Waals surface area contributed by atoms with Gasteiger partial charge in [-0.2, -0.15) is 0 Å². The first-order valence-electron chi connectivity index (χ1n) is 8.86. The van der Waals surface area contributed by atoms with Crippen molar-refractivity contribution in [2.45, 2.75) is 55.4 Å². The zero-order chi connectivity index (χ0) is 19.7. The highest BCUT2D eigenvalue weighted by molar-refractivity contribution is 8.00. The molecule has 27 heavy (non-hydrogen) atoms. The van der Waals surface area contributed by atoms with E-state index in [-0.39, 0.29) is 11.3 Å². The predicted molar refractivity (Wildman–Crippen MR) is 108 cm³/mol. The summed E-state index contributed by atoms with van der Waals surface area (Å²) >= 11 is 3.02. The number of thioether (sulfide) groups is 1. The molecule has 0 saturated carbocycles. The monoisotopic (exact) mass is 410 g/mol. The number of aromatic nitrogens is 2. The molecule has 0 saturated heterocycles. The lowest BCUT2D eigenvalue weighted by molar-refractivity contribution is -0.116. The van der Waals surface area contributed by atoms with Gasteiger partial charge in [-0.3, -0.25) is 4.79 Å². The van der Waals surface area contributed by atoms with Crippen molar-refractivity contribution in [1.82, 2.24) is 15.3 Å². The number of oxazole rings is 1. The molecular weight excluding hydrogens is 384 g/mol. The van der Waals surface area contributed by atoms with E-state index in [1.807, 2.05) is 0 Å². The summed E-state index contributed by atoms with van der Waals surface area (Å²) in [5, 5.41) is 6.53. The zero-order valence-electron chi connectivity index (χ0n) is 15.9. The SMILES string of the molecule is CC(C)(C)c1cnc(CSc2cnc(NC(=O)CCCNCCC=O)s2)o1. The Kier molecular flexibility index (Phi) is 8.46. The van der Waals surface area contributed by atoms with Gasteiger partial charge in [-0.05, 0) is 13.0 Å². The fraction of sp³-hybridized carbons (Fsp3) is 0.556. The lowest BCUT2D eigenvalue weighted by atomic mass is 9.94. The number of hydrogen-bond donors (Lipinski definition) is 2. The van der Waals surface area contributed by atoms with Gasteiger partial charge >= 0.3 is 0 Å². The van der Waals surface area contributed by atoms with Crippen LogP contribution >= 0.6 is 23.1 Å². The quantitative estimate of drug-likeness (QED) is 0.332. The number of nitrogens with zero attached hydrogens (tertiary/aromatic N) is 2. The molecule has 2 rings (SSSR count). The maximum atomic E-state index is 11.9. The van der Waals surface area contributed by atoms with Crippen LogP contribution in [-0.2, 0) is 20.8 Å².